The number of esters is 1. The van der Waals surface area contributed by atoms with Gasteiger partial charge in [-0.25, -0.2) is 0 Å². The molecule has 214 valence electrons. The van der Waals surface area contributed by atoms with E-state index in [1.165, 1.54) is 7.11 Å². The summed E-state index contributed by atoms with van der Waals surface area (Å²) in [5.74, 6) is -3.35. The summed E-state index contributed by atoms with van der Waals surface area (Å²) in [6, 6.07) is 1.76. The summed E-state index contributed by atoms with van der Waals surface area (Å²) in [4.78, 5) is 42.4. The Labute approximate surface area is 233 Å². The van der Waals surface area contributed by atoms with Gasteiger partial charge < -0.3 is 29.7 Å². The number of ketones is 1. The van der Waals surface area contributed by atoms with Crippen LogP contribution in [0.4, 0.5) is 0 Å². The minimum atomic E-state index is -1.85. The maximum Gasteiger partial charge on any atom is 0.315 e. The first kappa shape index (κ1) is 26.2. The SMILES string of the molecule is CC[C@@H]1/C=C\[C@H](O)[C@H](C)OC(=O)[C@@]2(C)[C@H]3CC(=O)N[C@]34C(=O)c3cc(C)c(OC)c5c3[C@@]2(O[C@]5(O)CC1)C41CC1. The third-order valence-electron chi connectivity index (χ3n) is 11.3. The number of aliphatic hydroxyl groups excluding tert-OH is 1. The monoisotopic (exact) mass is 551 g/mol. The number of fused-ring (bicyclic) bond motifs is 3. The van der Waals surface area contributed by atoms with E-state index in [1.807, 2.05) is 19.9 Å². The molecule has 1 saturated heterocycles. The molecule has 9 nitrogen and oxygen atoms in total. The first-order valence-electron chi connectivity index (χ1n) is 14.5. The fourth-order valence-electron chi connectivity index (χ4n) is 9.43. The molecule has 0 radical (unpaired) electrons. The van der Waals surface area contributed by atoms with Crippen LogP contribution in [-0.2, 0) is 30.5 Å². The number of hydrogen-bond acceptors (Lipinski definition) is 8. The highest BCUT2D eigenvalue weighted by atomic mass is 16.7. The number of carbonyl (C=O) groups excluding carboxylic acids is 3. The van der Waals surface area contributed by atoms with Gasteiger partial charge in [0.25, 0.3) is 0 Å². The van der Waals surface area contributed by atoms with Crippen molar-refractivity contribution in [1.29, 1.82) is 0 Å². The molecule has 7 rings (SSSR count). The first-order chi connectivity index (χ1) is 18.9. The predicted molar refractivity (Wildman–Crippen MR) is 141 cm³/mol. The molecule has 1 aromatic carbocycles. The number of amides is 1. The number of cyclic esters (lactones) is 1. The van der Waals surface area contributed by atoms with Crippen molar-refractivity contribution in [3.63, 3.8) is 0 Å². The zero-order chi connectivity index (χ0) is 28.6. The van der Waals surface area contributed by atoms with Gasteiger partial charge in [0, 0.05) is 35.3 Å². The van der Waals surface area contributed by atoms with Gasteiger partial charge in [-0.3, -0.25) is 14.4 Å². The van der Waals surface area contributed by atoms with E-state index in [1.54, 1.807) is 26.0 Å². The number of nitrogens with one attached hydrogen (secondary N) is 1. The van der Waals surface area contributed by atoms with Crippen LogP contribution in [0.1, 0.15) is 86.3 Å². The molecule has 3 bridgehead atoms. The van der Waals surface area contributed by atoms with Crippen LogP contribution in [0, 0.1) is 29.6 Å². The van der Waals surface area contributed by atoms with Gasteiger partial charge in [0.1, 0.15) is 34.5 Å². The molecule has 0 aromatic heterocycles. The van der Waals surface area contributed by atoms with Gasteiger partial charge >= 0.3 is 5.97 Å². The molecule has 3 fully saturated rings. The third-order valence-corrected chi connectivity index (χ3v) is 11.3. The molecule has 3 spiro atoms. The predicted octanol–water partition coefficient (Wildman–Crippen LogP) is 2.91. The summed E-state index contributed by atoms with van der Waals surface area (Å²) in [6.07, 6.45) is 4.15. The Morgan fingerprint density at radius 3 is 2.52 bits per heavy atom. The summed E-state index contributed by atoms with van der Waals surface area (Å²) in [5, 5.41) is 26.6. The van der Waals surface area contributed by atoms with Gasteiger partial charge in [0.05, 0.1) is 12.7 Å². The average molecular weight is 552 g/mol. The number of rotatable bonds is 2. The second-order valence-corrected chi connectivity index (χ2v) is 13.0. The standard InChI is InChI=1S/C31H37NO8/c1-6-17-7-8-19(33)16(3)39-26(36)27(4)20-14-21(34)32-30(20)25(35)18-13-15(2)24(38-5)23-22(18)31(27,28(30)11-12-28)40-29(23,37)10-9-17/h7-8,13,16-17,19-20,33,37H,6,9-12,14H2,1-5H3,(H,32,34)/b8-7-/t16-,17+,19-,20+,27+,29+,30-,31-/m0/s1. The lowest BCUT2D eigenvalue weighted by atomic mass is 9.60. The molecular weight excluding hydrogens is 514 g/mol. The van der Waals surface area contributed by atoms with Crippen molar-refractivity contribution < 1.29 is 38.8 Å². The molecule has 6 aliphatic rings. The number of methoxy groups -OCH3 is 1. The Bertz CT molecular complexity index is 1410. The van der Waals surface area contributed by atoms with Crippen LogP contribution in [0.2, 0.25) is 0 Å². The number of ether oxygens (including phenoxy) is 3. The normalized spacial score (nSPS) is 44.7. The van der Waals surface area contributed by atoms with E-state index < -0.39 is 51.9 Å². The number of Topliss-reactive ketones (excluding diaryl/α,β-unsaturated/α-hetero) is 1. The summed E-state index contributed by atoms with van der Waals surface area (Å²) in [6.45, 7) is 7.23. The highest BCUT2D eigenvalue weighted by Crippen LogP contribution is 2.87. The van der Waals surface area contributed by atoms with Crippen molar-refractivity contribution in [2.24, 2.45) is 22.7 Å². The zero-order valence-electron chi connectivity index (χ0n) is 23.6. The van der Waals surface area contributed by atoms with E-state index in [0.717, 1.165) is 6.42 Å². The summed E-state index contributed by atoms with van der Waals surface area (Å²) < 4.78 is 19.0. The average Bonchev–Trinajstić information content (AvgIpc) is 3.56. The molecule has 3 aliphatic carbocycles. The zero-order valence-corrected chi connectivity index (χ0v) is 23.6. The molecule has 2 saturated carbocycles. The van der Waals surface area contributed by atoms with Gasteiger partial charge in [-0.05, 0) is 64.0 Å². The van der Waals surface area contributed by atoms with Crippen LogP contribution in [0.5, 0.6) is 5.75 Å². The van der Waals surface area contributed by atoms with E-state index in [0.29, 0.717) is 47.3 Å². The number of allylic oxidation sites excluding steroid dienone is 1. The van der Waals surface area contributed by atoms with Crippen molar-refractivity contribution in [2.75, 3.05) is 7.11 Å². The van der Waals surface area contributed by atoms with Crippen LogP contribution in [0.15, 0.2) is 18.2 Å². The van der Waals surface area contributed by atoms with E-state index in [-0.39, 0.29) is 30.4 Å². The fourth-order valence-corrected chi connectivity index (χ4v) is 9.43. The number of carbonyl (C=O) groups is 3. The van der Waals surface area contributed by atoms with Gasteiger partial charge in [-0.15, -0.1) is 0 Å². The van der Waals surface area contributed by atoms with Crippen LogP contribution in [-0.4, -0.2) is 52.7 Å². The van der Waals surface area contributed by atoms with Gasteiger partial charge in [-0.1, -0.05) is 19.1 Å². The molecule has 40 heavy (non-hydrogen) atoms. The lowest BCUT2D eigenvalue weighted by Gasteiger charge is -2.49. The van der Waals surface area contributed by atoms with E-state index >= 15 is 0 Å². The number of hydrogen-bond donors (Lipinski definition) is 3. The Hall–Kier alpha value is -2.75. The number of aliphatic hydroxyl groups is 2. The van der Waals surface area contributed by atoms with Gasteiger partial charge in [0.15, 0.2) is 11.6 Å². The quantitative estimate of drug-likeness (QED) is 0.378. The fraction of sp³-hybridized carbons (Fsp3) is 0.645. The number of aryl methyl sites for hydroxylation is 1. The Morgan fingerprint density at radius 1 is 1.15 bits per heavy atom. The molecule has 3 heterocycles. The molecule has 9 heteroatoms. The minimum absolute atomic E-state index is 0.0165. The molecular formula is C31H37NO8. The lowest BCUT2D eigenvalue weighted by Crippen LogP contribution is -2.63. The van der Waals surface area contributed by atoms with Crippen LogP contribution < -0.4 is 10.1 Å². The highest BCUT2D eigenvalue weighted by molar-refractivity contribution is 6.14. The maximum atomic E-state index is 14.7. The second kappa shape index (κ2) is 7.75. The molecule has 8 atom stereocenters. The topological polar surface area (TPSA) is 131 Å². The van der Waals surface area contributed by atoms with Gasteiger partial charge in [-0.2, -0.15) is 0 Å². The summed E-state index contributed by atoms with van der Waals surface area (Å²) in [5.41, 5.74) is -3.33. The van der Waals surface area contributed by atoms with Gasteiger partial charge in [0.2, 0.25) is 5.91 Å². The summed E-state index contributed by atoms with van der Waals surface area (Å²) >= 11 is 0. The Morgan fingerprint density at radius 2 is 1.88 bits per heavy atom. The van der Waals surface area contributed by atoms with E-state index in [4.69, 9.17) is 14.2 Å². The van der Waals surface area contributed by atoms with Crippen molar-refractivity contribution in [2.45, 2.75) is 95.4 Å². The first-order valence-corrected chi connectivity index (χ1v) is 14.5. The van der Waals surface area contributed by atoms with Crippen LogP contribution in [0.3, 0.4) is 0 Å². The smallest absolute Gasteiger partial charge is 0.315 e. The van der Waals surface area contributed by atoms with E-state index in [9.17, 15) is 24.6 Å². The lowest BCUT2D eigenvalue weighted by molar-refractivity contribution is -0.304. The summed E-state index contributed by atoms with van der Waals surface area (Å²) in [7, 11) is 1.53. The van der Waals surface area contributed by atoms with Crippen LogP contribution >= 0.6 is 0 Å². The molecule has 1 amide bonds. The second-order valence-electron chi connectivity index (χ2n) is 13.0. The van der Waals surface area contributed by atoms with Crippen molar-refractivity contribution in [1.82, 2.24) is 5.32 Å². The van der Waals surface area contributed by atoms with Crippen molar-refractivity contribution >= 4 is 17.7 Å². The maximum absolute atomic E-state index is 14.7. The minimum Gasteiger partial charge on any atom is -0.496 e. The highest BCUT2D eigenvalue weighted by Gasteiger charge is 2.95. The Balaban J connectivity index is 1.59. The molecule has 1 aromatic rings. The Kier molecular flexibility index (Phi) is 5.07. The third kappa shape index (κ3) is 2.55. The molecule has 3 N–H and O–H groups in total. The molecule has 0 unspecified atom stereocenters. The number of benzene rings is 1. The van der Waals surface area contributed by atoms with Crippen LogP contribution in [0.25, 0.3) is 0 Å². The van der Waals surface area contributed by atoms with Crippen molar-refractivity contribution in [3.8, 4) is 5.75 Å². The van der Waals surface area contributed by atoms with E-state index in [2.05, 4.69) is 5.32 Å². The largest absolute Gasteiger partial charge is 0.496 e. The van der Waals surface area contributed by atoms with Crippen molar-refractivity contribution in [3.05, 3.63) is 40.5 Å². The molecule has 3 aliphatic heterocycles.